The normalized spacial score (nSPS) is 10.2. The van der Waals surface area contributed by atoms with E-state index in [9.17, 15) is 4.79 Å². The monoisotopic (exact) mass is 343 g/mol. The smallest absolute Gasteiger partial charge is 0.258 e. The molecule has 0 bridgehead atoms. The molecular formula is C20H25NO4. The topological polar surface area (TPSA) is 56.8 Å². The van der Waals surface area contributed by atoms with Crippen LogP contribution in [0, 0.1) is 13.8 Å². The van der Waals surface area contributed by atoms with Gasteiger partial charge in [0.05, 0.1) is 13.2 Å². The summed E-state index contributed by atoms with van der Waals surface area (Å²) >= 11 is 0. The van der Waals surface area contributed by atoms with Crippen LogP contribution in [-0.2, 0) is 4.79 Å². The molecule has 0 aliphatic rings. The van der Waals surface area contributed by atoms with Crippen LogP contribution in [0.15, 0.2) is 42.5 Å². The van der Waals surface area contributed by atoms with Crippen LogP contribution in [-0.4, -0.2) is 32.3 Å². The van der Waals surface area contributed by atoms with Crippen molar-refractivity contribution in [1.82, 2.24) is 5.32 Å². The van der Waals surface area contributed by atoms with Gasteiger partial charge >= 0.3 is 0 Å². The van der Waals surface area contributed by atoms with Crippen molar-refractivity contribution in [2.75, 3.05) is 26.4 Å². The quantitative estimate of drug-likeness (QED) is 0.710. The molecule has 0 saturated carbocycles. The van der Waals surface area contributed by atoms with Gasteiger partial charge in [-0.2, -0.15) is 0 Å². The highest BCUT2D eigenvalue weighted by Gasteiger charge is 2.07. The van der Waals surface area contributed by atoms with E-state index in [0.29, 0.717) is 19.8 Å². The summed E-state index contributed by atoms with van der Waals surface area (Å²) in [7, 11) is 0. The van der Waals surface area contributed by atoms with Crippen LogP contribution < -0.4 is 19.5 Å². The van der Waals surface area contributed by atoms with E-state index in [1.54, 1.807) is 0 Å². The summed E-state index contributed by atoms with van der Waals surface area (Å²) < 4.78 is 16.6. The van der Waals surface area contributed by atoms with Crippen molar-refractivity contribution in [2.45, 2.75) is 20.8 Å². The molecule has 1 N–H and O–H groups in total. The van der Waals surface area contributed by atoms with Crippen molar-refractivity contribution in [3.05, 3.63) is 53.6 Å². The average molecular weight is 343 g/mol. The molecule has 134 valence electrons. The molecule has 0 fully saturated rings. The molecule has 1 amide bonds. The Morgan fingerprint density at radius 3 is 2.12 bits per heavy atom. The predicted molar refractivity (Wildman–Crippen MR) is 97.5 cm³/mol. The van der Waals surface area contributed by atoms with E-state index in [0.717, 1.165) is 28.4 Å². The fraction of sp³-hybridized carbons (Fsp3) is 0.350. The van der Waals surface area contributed by atoms with E-state index in [1.807, 2.05) is 63.2 Å². The summed E-state index contributed by atoms with van der Waals surface area (Å²) in [5, 5.41) is 2.78. The minimum atomic E-state index is -0.169. The number of rotatable bonds is 9. The van der Waals surface area contributed by atoms with E-state index in [-0.39, 0.29) is 12.5 Å². The molecular weight excluding hydrogens is 318 g/mol. The van der Waals surface area contributed by atoms with Crippen molar-refractivity contribution in [3.8, 4) is 17.2 Å². The van der Waals surface area contributed by atoms with E-state index in [2.05, 4.69) is 5.32 Å². The number of para-hydroxylation sites is 1. The molecule has 0 saturated heterocycles. The van der Waals surface area contributed by atoms with E-state index >= 15 is 0 Å². The Morgan fingerprint density at radius 1 is 0.920 bits per heavy atom. The third-order valence-electron chi connectivity index (χ3n) is 3.58. The Morgan fingerprint density at radius 2 is 1.52 bits per heavy atom. The maximum Gasteiger partial charge on any atom is 0.258 e. The number of hydrogen-bond donors (Lipinski definition) is 1. The molecule has 0 aliphatic carbocycles. The van der Waals surface area contributed by atoms with Crippen molar-refractivity contribution in [1.29, 1.82) is 0 Å². The van der Waals surface area contributed by atoms with Gasteiger partial charge in [-0.3, -0.25) is 4.79 Å². The zero-order valence-electron chi connectivity index (χ0n) is 15.0. The molecule has 25 heavy (non-hydrogen) atoms. The number of nitrogens with one attached hydrogen (secondary N) is 1. The van der Waals surface area contributed by atoms with Gasteiger partial charge in [0.15, 0.2) is 6.61 Å². The predicted octanol–water partition coefficient (Wildman–Crippen LogP) is 3.28. The lowest BCUT2D eigenvalue weighted by atomic mass is 10.1. The van der Waals surface area contributed by atoms with E-state index in [1.165, 1.54) is 0 Å². The number of ether oxygens (including phenoxy) is 3. The molecule has 5 heteroatoms. The fourth-order valence-corrected chi connectivity index (χ4v) is 2.37. The molecule has 0 atom stereocenters. The molecule has 0 radical (unpaired) electrons. The molecule has 0 unspecified atom stereocenters. The molecule has 2 rings (SSSR count). The number of aryl methyl sites for hydroxylation is 2. The van der Waals surface area contributed by atoms with Gasteiger partial charge in [0.2, 0.25) is 0 Å². The first kappa shape index (κ1) is 18.6. The van der Waals surface area contributed by atoms with E-state index < -0.39 is 0 Å². The van der Waals surface area contributed by atoms with Crippen molar-refractivity contribution >= 4 is 5.91 Å². The van der Waals surface area contributed by atoms with Gasteiger partial charge in [0.1, 0.15) is 23.9 Å². The van der Waals surface area contributed by atoms with E-state index in [4.69, 9.17) is 14.2 Å². The summed E-state index contributed by atoms with van der Waals surface area (Å²) in [5.74, 6) is 2.15. The second-order valence-corrected chi connectivity index (χ2v) is 5.61. The Kier molecular flexibility index (Phi) is 7.14. The Balaban J connectivity index is 1.67. The fourth-order valence-electron chi connectivity index (χ4n) is 2.37. The number of carbonyl (C=O) groups is 1. The van der Waals surface area contributed by atoms with Gasteiger partial charge in [-0.1, -0.05) is 18.2 Å². The number of carbonyl (C=O) groups excluding carboxylic acids is 1. The number of hydrogen-bond acceptors (Lipinski definition) is 4. The lowest BCUT2D eigenvalue weighted by Crippen LogP contribution is -2.32. The third kappa shape index (κ3) is 6.03. The van der Waals surface area contributed by atoms with Crippen molar-refractivity contribution in [3.63, 3.8) is 0 Å². The summed E-state index contributed by atoms with van der Waals surface area (Å²) in [4.78, 5) is 11.9. The number of benzene rings is 2. The molecule has 2 aromatic rings. The standard InChI is InChI=1S/C20H25NO4/c1-4-23-17-8-10-18(11-9-17)24-13-12-21-19(22)14-25-20-15(2)6-5-7-16(20)3/h5-11H,4,12-14H2,1-3H3,(H,21,22). The Hall–Kier alpha value is -2.69. The first-order chi connectivity index (χ1) is 12.1. The van der Waals surface area contributed by atoms with Gasteiger partial charge in [-0.25, -0.2) is 0 Å². The third-order valence-corrected chi connectivity index (χ3v) is 3.58. The largest absolute Gasteiger partial charge is 0.494 e. The van der Waals surface area contributed by atoms with Gasteiger partial charge < -0.3 is 19.5 Å². The first-order valence-corrected chi connectivity index (χ1v) is 8.41. The maximum atomic E-state index is 11.9. The molecule has 2 aromatic carbocycles. The highest BCUT2D eigenvalue weighted by atomic mass is 16.5. The zero-order chi connectivity index (χ0) is 18.1. The van der Waals surface area contributed by atoms with Gasteiger partial charge in [-0.15, -0.1) is 0 Å². The van der Waals surface area contributed by atoms with Crippen molar-refractivity contribution < 1.29 is 19.0 Å². The Bertz CT molecular complexity index is 662. The second kappa shape index (κ2) is 9.57. The van der Waals surface area contributed by atoms with Crippen LogP contribution >= 0.6 is 0 Å². The van der Waals surface area contributed by atoms with Crippen LogP contribution in [0.5, 0.6) is 17.2 Å². The van der Waals surface area contributed by atoms with Crippen LogP contribution in [0.1, 0.15) is 18.1 Å². The molecule has 0 aromatic heterocycles. The molecule has 0 aliphatic heterocycles. The lowest BCUT2D eigenvalue weighted by Gasteiger charge is -2.12. The SMILES string of the molecule is CCOc1ccc(OCCNC(=O)COc2c(C)cccc2C)cc1. The lowest BCUT2D eigenvalue weighted by molar-refractivity contribution is -0.123. The Labute approximate surface area is 148 Å². The van der Waals surface area contributed by atoms with Gasteiger partial charge in [0, 0.05) is 0 Å². The summed E-state index contributed by atoms with van der Waals surface area (Å²) in [6.07, 6.45) is 0. The second-order valence-electron chi connectivity index (χ2n) is 5.61. The average Bonchev–Trinajstić information content (AvgIpc) is 2.60. The first-order valence-electron chi connectivity index (χ1n) is 8.41. The maximum absolute atomic E-state index is 11.9. The minimum Gasteiger partial charge on any atom is -0.494 e. The molecule has 5 nitrogen and oxygen atoms in total. The van der Waals surface area contributed by atoms with Crippen LogP contribution in [0.4, 0.5) is 0 Å². The zero-order valence-corrected chi connectivity index (χ0v) is 15.0. The van der Waals surface area contributed by atoms with Crippen LogP contribution in [0.3, 0.4) is 0 Å². The van der Waals surface area contributed by atoms with Crippen LogP contribution in [0.25, 0.3) is 0 Å². The minimum absolute atomic E-state index is 0.00521. The number of amides is 1. The molecule has 0 spiro atoms. The highest BCUT2D eigenvalue weighted by molar-refractivity contribution is 5.77. The van der Waals surface area contributed by atoms with Gasteiger partial charge in [-0.05, 0) is 56.2 Å². The highest BCUT2D eigenvalue weighted by Crippen LogP contribution is 2.22. The van der Waals surface area contributed by atoms with Crippen molar-refractivity contribution in [2.24, 2.45) is 0 Å². The summed E-state index contributed by atoms with van der Waals surface area (Å²) in [6, 6.07) is 13.3. The van der Waals surface area contributed by atoms with Crippen LogP contribution in [0.2, 0.25) is 0 Å². The summed E-state index contributed by atoms with van der Waals surface area (Å²) in [5.41, 5.74) is 2.04. The summed E-state index contributed by atoms with van der Waals surface area (Å²) in [6.45, 7) is 7.31. The molecule has 0 heterocycles. The van der Waals surface area contributed by atoms with Gasteiger partial charge in [0.25, 0.3) is 5.91 Å².